The lowest BCUT2D eigenvalue weighted by molar-refractivity contribution is 0.265. The highest BCUT2D eigenvalue weighted by atomic mass is 16.4. The van der Waals surface area contributed by atoms with Gasteiger partial charge in [0.05, 0.1) is 12.7 Å². The summed E-state index contributed by atoms with van der Waals surface area (Å²) in [5, 5.41) is 0. The third kappa shape index (κ3) is 2.35. The molecule has 13 heavy (non-hydrogen) atoms. The van der Waals surface area contributed by atoms with Gasteiger partial charge in [-0.1, -0.05) is 13.8 Å². The van der Waals surface area contributed by atoms with Crippen LogP contribution in [-0.2, 0) is 6.54 Å². The lowest BCUT2D eigenvalue weighted by Gasteiger charge is -2.15. The van der Waals surface area contributed by atoms with Crippen molar-refractivity contribution < 1.29 is 4.42 Å². The fraction of sp³-hybridized carbons (Fsp3) is 0.625. The molecule has 74 valence electrons. The number of rotatable bonds is 4. The van der Waals surface area contributed by atoms with Crippen LogP contribution in [0.1, 0.15) is 19.6 Å². The van der Waals surface area contributed by atoms with Crippen LogP contribution in [0, 0.1) is 0 Å². The molecular formula is C8H15N3O2. The summed E-state index contributed by atoms with van der Waals surface area (Å²) in [5.74, 6) is 5.39. The second kappa shape index (κ2) is 4.13. The van der Waals surface area contributed by atoms with Crippen LogP contribution in [0.3, 0.4) is 0 Å². The molecule has 0 spiro atoms. The molecule has 0 fully saturated rings. The molecule has 0 unspecified atom stereocenters. The van der Waals surface area contributed by atoms with Crippen LogP contribution in [0.25, 0.3) is 0 Å². The zero-order chi connectivity index (χ0) is 9.84. The van der Waals surface area contributed by atoms with Crippen molar-refractivity contribution in [3.63, 3.8) is 0 Å². The minimum atomic E-state index is -0.512. The average Bonchev–Trinajstić information content (AvgIpc) is 2.42. The van der Waals surface area contributed by atoms with Gasteiger partial charge in [-0.2, -0.15) is 4.68 Å². The van der Waals surface area contributed by atoms with Gasteiger partial charge in [-0.3, -0.25) is 4.90 Å². The third-order valence-electron chi connectivity index (χ3n) is 1.99. The van der Waals surface area contributed by atoms with Gasteiger partial charge >= 0.3 is 5.76 Å². The first-order chi connectivity index (χ1) is 6.17. The number of nitrogens with zero attached hydrogens (tertiary/aromatic N) is 2. The van der Waals surface area contributed by atoms with Crippen molar-refractivity contribution in [1.29, 1.82) is 0 Å². The van der Waals surface area contributed by atoms with E-state index in [1.165, 1.54) is 6.20 Å². The molecule has 1 heterocycles. The van der Waals surface area contributed by atoms with Gasteiger partial charge in [-0.05, 0) is 13.1 Å². The Morgan fingerprint density at radius 2 is 2.15 bits per heavy atom. The van der Waals surface area contributed by atoms with E-state index in [0.717, 1.165) is 17.8 Å². The molecule has 1 aromatic rings. The first-order valence-corrected chi connectivity index (χ1v) is 4.36. The summed E-state index contributed by atoms with van der Waals surface area (Å²) in [6, 6.07) is 0. The second-order valence-electron chi connectivity index (χ2n) is 2.83. The standard InChI is InChI=1S/C8H15N3O2/c1-3-10(4-2)5-7-6-11(9)8(12)13-7/h6H,3-5,9H2,1-2H3. The smallest absolute Gasteiger partial charge is 0.410 e. The van der Waals surface area contributed by atoms with E-state index < -0.39 is 5.76 Å². The Morgan fingerprint density at radius 1 is 1.54 bits per heavy atom. The Bertz CT molecular complexity index is 311. The quantitative estimate of drug-likeness (QED) is 0.670. The molecule has 1 rings (SSSR count). The molecule has 0 radical (unpaired) electrons. The van der Waals surface area contributed by atoms with Gasteiger partial charge in [0.25, 0.3) is 0 Å². The van der Waals surface area contributed by atoms with E-state index >= 15 is 0 Å². The van der Waals surface area contributed by atoms with Crippen molar-refractivity contribution in [2.24, 2.45) is 0 Å². The highest BCUT2D eigenvalue weighted by Crippen LogP contribution is 2.00. The molecular weight excluding hydrogens is 170 g/mol. The van der Waals surface area contributed by atoms with Gasteiger partial charge in [0.15, 0.2) is 0 Å². The number of hydrogen-bond acceptors (Lipinski definition) is 4. The van der Waals surface area contributed by atoms with Crippen LogP contribution in [-0.4, -0.2) is 22.7 Å². The molecule has 0 aliphatic heterocycles. The minimum Gasteiger partial charge on any atom is -0.410 e. The zero-order valence-electron chi connectivity index (χ0n) is 7.99. The summed E-state index contributed by atoms with van der Waals surface area (Å²) >= 11 is 0. The molecule has 0 atom stereocenters. The highest BCUT2D eigenvalue weighted by molar-refractivity contribution is 4.90. The van der Waals surface area contributed by atoms with Gasteiger partial charge in [0, 0.05) is 0 Å². The molecule has 0 aliphatic carbocycles. The Labute approximate surface area is 76.7 Å². The molecule has 0 aliphatic rings. The number of nitrogen functional groups attached to an aromatic ring is 1. The zero-order valence-corrected chi connectivity index (χ0v) is 7.99. The summed E-state index contributed by atoms with van der Waals surface area (Å²) in [7, 11) is 0. The monoisotopic (exact) mass is 185 g/mol. The maximum atomic E-state index is 10.9. The van der Waals surface area contributed by atoms with E-state index in [4.69, 9.17) is 10.3 Å². The van der Waals surface area contributed by atoms with Crippen LogP contribution in [0.4, 0.5) is 0 Å². The van der Waals surface area contributed by atoms with Crippen LogP contribution in [0.5, 0.6) is 0 Å². The molecule has 0 aromatic carbocycles. The van der Waals surface area contributed by atoms with Crippen molar-refractivity contribution in [3.8, 4) is 0 Å². The first-order valence-electron chi connectivity index (χ1n) is 4.36. The summed E-state index contributed by atoms with van der Waals surface area (Å²) in [4.78, 5) is 13.0. The fourth-order valence-electron chi connectivity index (χ4n) is 1.14. The van der Waals surface area contributed by atoms with E-state index in [9.17, 15) is 4.79 Å². The largest absolute Gasteiger partial charge is 0.437 e. The van der Waals surface area contributed by atoms with Crippen molar-refractivity contribution in [1.82, 2.24) is 9.58 Å². The lowest BCUT2D eigenvalue weighted by Crippen LogP contribution is -2.21. The van der Waals surface area contributed by atoms with Crippen LogP contribution >= 0.6 is 0 Å². The van der Waals surface area contributed by atoms with E-state index in [1.54, 1.807) is 0 Å². The van der Waals surface area contributed by atoms with E-state index in [-0.39, 0.29) is 0 Å². The first kappa shape index (κ1) is 9.85. The molecule has 2 N–H and O–H groups in total. The predicted molar refractivity (Wildman–Crippen MR) is 49.7 cm³/mol. The highest BCUT2D eigenvalue weighted by Gasteiger charge is 2.06. The molecule has 0 saturated heterocycles. The molecule has 0 saturated carbocycles. The van der Waals surface area contributed by atoms with E-state index in [0.29, 0.717) is 12.3 Å². The van der Waals surface area contributed by atoms with Crippen LogP contribution in [0.2, 0.25) is 0 Å². The second-order valence-corrected chi connectivity index (χ2v) is 2.83. The van der Waals surface area contributed by atoms with E-state index in [1.807, 2.05) is 0 Å². The van der Waals surface area contributed by atoms with Crippen molar-refractivity contribution >= 4 is 0 Å². The van der Waals surface area contributed by atoms with Gasteiger partial charge in [-0.15, -0.1) is 0 Å². The number of aromatic nitrogens is 1. The van der Waals surface area contributed by atoms with Crippen molar-refractivity contribution in [3.05, 3.63) is 22.5 Å². The summed E-state index contributed by atoms with van der Waals surface area (Å²) < 4.78 is 5.85. The summed E-state index contributed by atoms with van der Waals surface area (Å²) in [6.45, 7) is 6.60. The van der Waals surface area contributed by atoms with Crippen molar-refractivity contribution in [2.75, 3.05) is 18.9 Å². The number of oxazole rings is 1. The Kier molecular flexibility index (Phi) is 3.13. The van der Waals surface area contributed by atoms with Gasteiger partial charge < -0.3 is 10.3 Å². The predicted octanol–water partition coefficient (Wildman–Crippen LogP) is -0.00310. The molecule has 0 amide bonds. The van der Waals surface area contributed by atoms with Gasteiger partial charge in [-0.25, -0.2) is 4.79 Å². The normalized spacial score (nSPS) is 11.0. The summed E-state index contributed by atoms with van der Waals surface area (Å²) in [5.41, 5.74) is 0. The third-order valence-corrected chi connectivity index (χ3v) is 1.99. The minimum absolute atomic E-state index is 0.512. The fourth-order valence-corrected chi connectivity index (χ4v) is 1.14. The molecule has 0 bridgehead atoms. The number of nitrogens with two attached hydrogens (primary N) is 1. The Hall–Kier alpha value is -1.23. The summed E-state index contributed by atoms with van der Waals surface area (Å²) in [6.07, 6.45) is 1.51. The van der Waals surface area contributed by atoms with Gasteiger partial charge in [0.2, 0.25) is 0 Å². The van der Waals surface area contributed by atoms with Crippen molar-refractivity contribution in [2.45, 2.75) is 20.4 Å². The van der Waals surface area contributed by atoms with Gasteiger partial charge in [0.1, 0.15) is 5.76 Å². The van der Waals surface area contributed by atoms with Crippen LogP contribution in [0.15, 0.2) is 15.4 Å². The Balaban J connectivity index is 2.68. The average molecular weight is 185 g/mol. The Morgan fingerprint density at radius 3 is 2.54 bits per heavy atom. The maximum absolute atomic E-state index is 10.9. The SMILES string of the molecule is CCN(CC)Cc1cn(N)c(=O)o1. The number of hydrogen-bond donors (Lipinski definition) is 1. The molecule has 5 nitrogen and oxygen atoms in total. The molecule has 1 aromatic heterocycles. The maximum Gasteiger partial charge on any atom is 0.437 e. The van der Waals surface area contributed by atoms with Crippen LogP contribution < -0.4 is 11.6 Å². The topological polar surface area (TPSA) is 64.4 Å². The lowest BCUT2D eigenvalue weighted by atomic mass is 10.4. The van der Waals surface area contributed by atoms with E-state index in [2.05, 4.69) is 18.7 Å². The molecule has 5 heteroatoms.